The number of hydrogen-bond donors (Lipinski definition) is 1. The van der Waals surface area contributed by atoms with Gasteiger partial charge in [0, 0.05) is 25.7 Å². The van der Waals surface area contributed by atoms with E-state index in [9.17, 15) is 26.4 Å². The number of amides is 1. The first-order valence-corrected chi connectivity index (χ1v) is 8.63. The predicted octanol–water partition coefficient (Wildman–Crippen LogP) is 1.39. The first kappa shape index (κ1) is 16.3. The van der Waals surface area contributed by atoms with Crippen LogP contribution in [-0.4, -0.2) is 38.3 Å². The summed E-state index contributed by atoms with van der Waals surface area (Å²) in [4.78, 5) is 11.2. The number of rotatable bonds is 2. The number of benzene rings is 1. The van der Waals surface area contributed by atoms with Crippen LogP contribution >= 0.6 is 0 Å². The largest absolute Gasteiger partial charge is 0.356 e. The molecule has 126 valence electrons. The Morgan fingerprint density at radius 2 is 1.78 bits per heavy atom. The van der Waals surface area contributed by atoms with Gasteiger partial charge in [-0.15, -0.1) is 0 Å². The predicted molar refractivity (Wildman–Crippen MR) is 74.4 cm³/mol. The van der Waals surface area contributed by atoms with Gasteiger partial charge in [0.2, 0.25) is 15.9 Å². The van der Waals surface area contributed by atoms with E-state index in [0.717, 1.165) is 10.7 Å². The fourth-order valence-corrected chi connectivity index (χ4v) is 4.78. The highest BCUT2D eigenvalue weighted by atomic mass is 32.2. The molecule has 23 heavy (non-hydrogen) atoms. The number of hydrogen-bond acceptors (Lipinski definition) is 3. The van der Waals surface area contributed by atoms with Gasteiger partial charge in [0.25, 0.3) is 0 Å². The maximum Gasteiger partial charge on any atom is 0.246 e. The third-order valence-corrected chi connectivity index (χ3v) is 6.37. The Morgan fingerprint density at radius 3 is 2.48 bits per heavy atom. The summed E-state index contributed by atoms with van der Waals surface area (Å²) >= 11 is 0. The van der Waals surface area contributed by atoms with Crippen LogP contribution in [-0.2, 0) is 14.8 Å². The van der Waals surface area contributed by atoms with Gasteiger partial charge in [-0.2, -0.15) is 4.31 Å². The number of carbonyl (C=O) groups is 1. The molecule has 0 saturated carbocycles. The average molecular weight is 348 g/mol. The van der Waals surface area contributed by atoms with E-state index >= 15 is 0 Å². The molecule has 1 N–H and O–H groups in total. The molecule has 2 fully saturated rings. The van der Waals surface area contributed by atoms with Crippen molar-refractivity contribution in [2.24, 2.45) is 5.41 Å². The van der Waals surface area contributed by atoms with Crippen molar-refractivity contribution >= 4 is 15.9 Å². The highest BCUT2D eigenvalue weighted by Gasteiger charge is 2.49. The number of nitrogens with one attached hydrogen (secondary N) is 1. The van der Waals surface area contributed by atoms with Crippen LogP contribution in [0.5, 0.6) is 0 Å². The van der Waals surface area contributed by atoms with Crippen LogP contribution in [0, 0.1) is 22.9 Å². The Bertz CT molecular complexity index is 769. The summed E-state index contributed by atoms with van der Waals surface area (Å²) in [5.41, 5.74) is -0.819. The Hall–Kier alpha value is -1.61. The molecule has 1 amide bonds. The molecule has 1 unspecified atom stereocenters. The molecule has 0 aliphatic carbocycles. The lowest BCUT2D eigenvalue weighted by Crippen LogP contribution is -2.47. The van der Waals surface area contributed by atoms with Crippen LogP contribution in [0.2, 0.25) is 0 Å². The SMILES string of the molecule is O=C1NCCCC12CCN(S(=O)(=O)c1cc(F)c(F)cc1F)C2. The third kappa shape index (κ3) is 2.61. The van der Waals surface area contributed by atoms with Gasteiger partial charge >= 0.3 is 0 Å². The van der Waals surface area contributed by atoms with Crippen LogP contribution in [0.3, 0.4) is 0 Å². The monoisotopic (exact) mass is 348 g/mol. The molecule has 2 aliphatic rings. The van der Waals surface area contributed by atoms with Crippen molar-refractivity contribution in [1.29, 1.82) is 0 Å². The lowest BCUT2D eigenvalue weighted by Gasteiger charge is -2.32. The van der Waals surface area contributed by atoms with E-state index in [2.05, 4.69) is 5.32 Å². The fourth-order valence-electron chi connectivity index (χ4n) is 3.20. The number of halogens is 3. The van der Waals surface area contributed by atoms with Crippen LogP contribution in [0.1, 0.15) is 19.3 Å². The lowest BCUT2D eigenvalue weighted by atomic mass is 9.79. The van der Waals surface area contributed by atoms with E-state index < -0.39 is 37.8 Å². The Labute approximate surface area is 131 Å². The molecule has 2 saturated heterocycles. The molecule has 1 aromatic carbocycles. The van der Waals surface area contributed by atoms with Gasteiger partial charge in [-0.05, 0) is 25.3 Å². The first-order valence-electron chi connectivity index (χ1n) is 7.19. The summed E-state index contributed by atoms with van der Waals surface area (Å²) in [5.74, 6) is -4.45. The summed E-state index contributed by atoms with van der Waals surface area (Å²) in [6.45, 7) is 0.499. The van der Waals surface area contributed by atoms with Crippen LogP contribution in [0.4, 0.5) is 13.2 Å². The Balaban J connectivity index is 1.93. The second-order valence-corrected chi connectivity index (χ2v) is 7.83. The standard InChI is InChI=1S/C14H15F3N2O3S/c15-9-6-11(17)12(7-10(9)16)23(21,22)19-5-3-14(8-19)2-1-4-18-13(14)20/h6-7H,1-5,8H2,(H,18,20). The van der Waals surface area contributed by atoms with Crippen LogP contribution < -0.4 is 5.32 Å². The molecule has 0 radical (unpaired) electrons. The number of sulfonamides is 1. The van der Waals surface area contributed by atoms with E-state index in [1.54, 1.807) is 0 Å². The second kappa shape index (κ2) is 5.48. The normalized spacial score (nSPS) is 25.8. The molecular formula is C14H15F3N2O3S. The van der Waals surface area contributed by atoms with Gasteiger partial charge < -0.3 is 5.32 Å². The summed E-state index contributed by atoms with van der Waals surface area (Å²) < 4.78 is 66.1. The van der Waals surface area contributed by atoms with Crippen molar-refractivity contribution in [3.05, 3.63) is 29.6 Å². The van der Waals surface area contributed by atoms with Gasteiger partial charge in [0.1, 0.15) is 10.7 Å². The van der Waals surface area contributed by atoms with E-state index in [-0.39, 0.29) is 25.1 Å². The molecular weight excluding hydrogens is 333 g/mol. The summed E-state index contributed by atoms with van der Waals surface area (Å²) in [5, 5.41) is 2.71. The van der Waals surface area contributed by atoms with E-state index in [1.807, 2.05) is 0 Å². The Morgan fingerprint density at radius 1 is 1.09 bits per heavy atom. The second-order valence-electron chi connectivity index (χ2n) is 5.93. The van der Waals surface area contributed by atoms with Gasteiger partial charge in [-0.3, -0.25) is 4.79 Å². The molecule has 1 aromatic rings. The maximum atomic E-state index is 13.8. The van der Waals surface area contributed by atoms with Crippen molar-refractivity contribution < 1.29 is 26.4 Å². The van der Waals surface area contributed by atoms with Crippen LogP contribution in [0.25, 0.3) is 0 Å². The molecule has 1 spiro atoms. The molecule has 2 aliphatic heterocycles. The van der Waals surface area contributed by atoms with Crippen molar-refractivity contribution in [2.45, 2.75) is 24.2 Å². The zero-order valence-electron chi connectivity index (χ0n) is 12.1. The van der Waals surface area contributed by atoms with E-state index in [4.69, 9.17) is 0 Å². The topological polar surface area (TPSA) is 66.5 Å². The van der Waals surface area contributed by atoms with Crippen molar-refractivity contribution in [3.8, 4) is 0 Å². The summed E-state index contributed by atoms with van der Waals surface area (Å²) in [7, 11) is -4.34. The van der Waals surface area contributed by atoms with Gasteiger partial charge in [-0.1, -0.05) is 0 Å². The highest BCUT2D eigenvalue weighted by molar-refractivity contribution is 7.89. The minimum absolute atomic E-state index is 0.0359. The summed E-state index contributed by atoms with van der Waals surface area (Å²) in [6.07, 6.45) is 1.60. The van der Waals surface area contributed by atoms with Crippen LogP contribution in [0.15, 0.2) is 17.0 Å². The fraction of sp³-hybridized carbons (Fsp3) is 0.500. The Kier molecular flexibility index (Phi) is 3.88. The van der Waals surface area contributed by atoms with E-state index in [0.29, 0.717) is 25.5 Å². The maximum absolute atomic E-state index is 13.8. The van der Waals surface area contributed by atoms with Gasteiger partial charge in [0.15, 0.2) is 11.6 Å². The highest BCUT2D eigenvalue weighted by Crippen LogP contribution is 2.39. The molecule has 9 heteroatoms. The minimum Gasteiger partial charge on any atom is -0.356 e. The molecule has 5 nitrogen and oxygen atoms in total. The third-order valence-electron chi connectivity index (χ3n) is 4.51. The number of piperidine rings is 1. The minimum atomic E-state index is -4.34. The zero-order valence-corrected chi connectivity index (χ0v) is 12.9. The summed E-state index contributed by atoms with van der Waals surface area (Å²) in [6, 6.07) is 0.549. The molecule has 1 atom stereocenters. The van der Waals surface area contributed by atoms with Crippen molar-refractivity contribution in [1.82, 2.24) is 9.62 Å². The van der Waals surface area contributed by atoms with E-state index in [1.165, 1.54) is 0 Å². The number of carbonyl (C=O) groups excluding carboxylic acids is 1. The van der Waals surface area contributed by atoms with Gasteiger partial charge in [0.05, 0.1) is 5.41 Å². The quantitative estimate of drug-likeness (QED) is 0.822. The molecule has 0 aromatic heterocycles. The van der Waals surface area contributed by atoms with Gasteiger partial charge in [-0.25, -0.2) is 21.6 Å². The first-order chi connectivity index (χ1) is 10.8. The number of nitrogens with zero attached hydrogens (tertiary/aromatic N) is 1. The molecule has 0 bridgehead atoms. The smallest absolute Gasteiger partial charge is 0.246 e. The molecule has 3 rings (SSSR count). The average Bonchev–Trinajstić information content (AvgIpc) is 2.92. The zero-order chi connectivity index (χ0) is 16.8. The lowest BCUT2D eigenvalue weighted by molar-refractivity contribution is -0.132. The molecule has 2 heterocycles. The van der Waals surface area contributed by atoms with Crippen molar-refractivity contribution in [2.75, 3.05) is 19.6 Å². The van der Waals surface area contributed by atoms with Crippen molar-refractivity contribution in [3.63, 3.8) is 0 Å².